The summed E-state index contributed by atoms with van der Waals surface area (Å²) in [5.74, 6) is -3.19. The van der Waals surface area contributed by atoms with Gasteiger partial charge in [0.05, 0.1) is 22.8 Å². The fourth-order valence-corrected chi connectivity index (χ4v) is 2.56. The number of rotatable bonds is 3. The number of carbonyl (C=O) groups excluding carboxylic acids is 3. The molecule has 2 aromatic rings. The van der Waals surface area contributed by atoms with Gasteiger partial charge in [-0.05, 0) is 18.2 Å². The Morgan fingerprint density at radius 3 is 2.32 bits per heavy atom. The van der Waals surface area contributed by atoms with Gasteiger partial charge in [-0.15, -0.1) is 0 Å². The molecule has 0 radical (unpaired) electrons. The summed E-state index contributed by atoms with van der Waals surface area (Å²) in [5, 5.41) is 22.1. The molecule has 0 bridgehead atoms. The van der Waals surface area contributed by atoms with E-state index in [1.54, 1.807) is 0 Å². The van der Waals surface area contributed by atoms with Crippen molar-refractivity contribution in [2.75, 3.05) is 6.54 Å². The lowest BCUT2D eigenvalue weighted by Gasteiger charge is -2.27. The van der Waals surface area contributed by atoms with Gasteiger partial charge in [-0.25, -0.2) is 0 Å². The standard InChI is InChI=1S/C14H8N2O6/c17-11(18)6-15-13(19)8-3-1-2-7-10(16(21)22)5-4-9(12(7)8)14(15)20/h1-5H,6H2,(H,17,18)/p-1. The summed E-state index contributed by atoms with van der Waals surface area (Å²) in [6.45, 7) is -0.871. The molecular weight excluding hydrogens is 292 g/mol. The van der Waals surface area contributed by atoms with Gasteiger partial charge >= 0.3 is 0 Å². The zero-order valence-corrected chi connectivity index (χ0v) is 10.9. The van der Waals surface area contributed by atoms with Crippen molar-refractivity contribution in [2.45, 2.75) is 0 Å². The molecule has 0 atom stereocenters. The van der Waals surface area contributed by atoms with Gasteiger partial charge < -0.3 is 9.90 Å². The number of carboxylic acid groups (broad SMARTS) is 1. The SMILES string of the molecule is O=C([O-])CN1C(=O)c2cccc3c([N+](=O)[O-])ccc(c23)C1=O. The first-order chi connectivity index (χ1) is 10.4. The van der Waals surface area contributed by atoms with E-state index in [2.05, 4.69) is 0 Å². The maximum absolute atomic E-state index is 12.3. The molecule has 0 N–H and O–H groups in total. The minimum Gasteiger partial charge on any atom is -0.548 e. The van der Waals surface area contributed by atoms with Gasteiger partial charge in [-0.2, -0.15) is 0 Å². The summed E-state index contributed by atoms with van der Waals surface area (Å²) < 4.78 is 0. The van der Waals surface area contributed by atoms with E-state index in [4.69, 9.17) is 0 Å². The van der Waals surface area contributed by atoms with Gasteiger partial charge in [-0.1, -0.05) is 6.07 Å². The van der Waals surface area contributed by atoms with E-state index in [9.17, 15) is 29.6 Å². The molecule has 8 nitrogen and oxygen atoms in total. The number of hydrogen-bond acceptors (Lipinski definition) is 6. The lowest BCUT2D eigenvalue weighted by atomic mass is 9.93. The largest absolute Gasteiger partial charge is 0.548 e. The van der Waals surface area contributed by atoms with E-state index in [-0.39, 0.29) is 27.6 Å². The highest BCUT2D eigenvalue weighted by atomic mass is 16.6. The smallest absolute Gasteiger partial charge is 0.277 e. The van der Waals surface area contributed by atoms with Crippen LogP contribution in [0.5, 0.6) is 0 Å². The summed E-state index contributed by atoms with van der Waals surface area (Å²) in [6.07, 6.45) is 0. The lowest BCUT2D eigenvalue weighted by molar-refractivity contribution is -0.383. The molecule has 8 heteroatoms. The number of imide groups is 1. The number of aliphatic carboxylic acids is 1. The highest BCUT2D eigenvalue weighted by Crippen LogP contribution is 2.35. The van der Waals surface area contributed by atoms with Crippen molar-refractivity contribution in [2.24, 2.45) is 0 Å². The number of nitrogens with zero attached hydrogens (tertiary/aromatic N) is 2. The lowest BCUT2D eigenvalue weighted by Crippen LogP contribution is -2.46. The average Bonchev–Trinajstić information content (AvgIpc) is 2.48. The molecule has 2 amide bonds. The first kappa shape index (κ1) is 13.7. The van der Waals surface area contributed by atoms with Crippen molar-refractivity contribution < 1.29 is 24.4 Å². The number of hydrogen-bond donors (Lipinski definition) is 0. The van der Waals surface area contributed by atoms with Crippen LogP contribution in [-0.4, -0.2) is 34.2 Å². The molecule has 2 aromatic carbocycles. The Morgan fingerprint density at radius 1 is 1.09 bits per heavy atom. The first-order valence-electron chi connectivity index (χ1n) is 6.18. The van der Waals surface area contributed by atoms with E-state index < -0.39 is 29.3 Å². The van der Waals surface area contributed by atoms with Gasteiger partial charge in [0.15, 0.2) is 0 Å². The molecule has 0 fully saturated rings. The van der Waals surface area contributed by atoms with Crippen molar-refractivity contribution >= 4 is 34.2 Å². The summed E-state index contributed by atoms with van der Waals surface area (Å²) in [7, 11) is 0. The molecule has 0 saturated heterocycles. The number of amides is 2. The normalized spacial score (nSPS) is 13.5. The van der Waals surface area contributed by atoms with Crippen LogP contribution in [-0.2, 0) is 4.79 Å². The first-order valence-corrected chi connectivity index (χ1v) is 6.18. The Morgan fingerprint density at radius 2 is 1.73 bits per heavy atom. The molecule has 0 unspecified atom stereocenters. The van der Waals surface area contributed by atoms with Gasteiger partial charge in [0.1, 0.15) is 0 Å². The molecule has 1 heterocycles. The maximum atomic E-state index is 12.3. The van der Waals surface area contributed by atoms with Gasteiger partial charge in [0.2, 0.25) is 0 Å². The van der Waals surface area contributed by atoms with Crippen LogP contribution in [0.4, 0.5) is 5.69 Å². The molecule has 110 valence electrons. The quantitative estimate of drug-likeness (QED) is 0.450. The molecule has 0 saturated carbocycles. The van der Waals surface area contributed by atoms with Crippen molar-refractivity contribution in [1.82, 2.24) is 4.90 Å². The zero-order valence-electron chi connectivity index (χ0n) is 10.9. The second-order valence-corrected chi connectivity index (χ2v) is 4.69. The Hall–Kier alpha value is -3.29. The number of carbonyl (C=O) groups is 3. The number of carboxylic acids is 1. The zero-order chi connectivity index (χ0) is 16.0. The van der Waals surface area contributed by atoms with E-state index in [1.165, 1.54) is 24.3 Å². The monoisotopic (exact) mass is 299 g/mol. The molecule has 1 aliphatic rings. The fourth-order valence-electron chi connectivity index (χ4n) is 2.56. The third-order valence-corrected chi connectivity index (χ3v) is 3.45. The molecule has 0 aromatic heterocycles. The Balaban J connectivity index is 2.32. The van der Waals surface area contributed by atoms with Crippen LogP contribution >= 0.6 is 0 Å². The molecular formula is C14H7N2O6-. The van der Waals surface area contributed by atoms with Crippen LogP contribution in [0.15, 0.2) is 30.3 Å². The van der Waals surface area contributed by atoms with Crippen LogP contribution in [0.1, 0.15) is 20.7 Å². The highest BCUT2D eigenvalue weighted by Gasteiger charge is 2.34. The second kappa shape index (κ2) is 4.62. The predicted molar refractivity (Wildman–Crippen MR) is 71.0 cm³/mol. The minimum atomic E-state index is -1.57. The van der Waals surface area contributed by atoms with Gasteiger partial charge in [0.25, 0.3) is 17.5 Å². The second-order valence-electron chi connectivity index (χ2n) is 4.69. The Bertz CT molecular complexity index is 851. The van der Waals surface area contributed by atoms with E-state index in [0.717, 1.165) is 6.07 Å². The van der Waals surface area contributed by atoms with Gasteiger partial charge in [-0.3, -0.25) is 24.6 Å². The van der Waals surface area contributed by atoms with Crippen LogP contribution in [0.2, 0.25) is 0 Å². The number of nitro benzene ring substituents is 1. The molecule has 0 spiro atoms. The van der Waals surface area contributed by atoms with Crippen molar-refractivity contribution in [3.63, 3.8) is 0 Å². The fraction of sp³-hybridized carbons (Fsp3) is 0.0714. The molecule has 0 aliphatic carbocycles. The third kappa shape index (κ3) is 1.81. The highest BCUT2D eigenvalue weighted by molar-refractivity contribution is 6.26. The number of nitro groups is 1. The average molecular weight is 299 g/mol. The van der Waals surface area contributed by atoms with Crippen LogP contribution in [0, 0.1) is 10.1 Å². The van der Waals surface area contributed by atoms with Crippen LogP contribution < -0.4 is 5.11 Å². The van der Waals surface area contributed by atoms with Crippen molar-refractivity contribution in [3.8, 4) is 0 Å². The van der Waals surface area contributed by atoms with E-state index in [0.29, 0.717) is 4.90 Å². The summed E-state index contributed by atoms with van der Waals surface area (Å²) in [4.78, 5) is 46.3. The topological polar surface area (TPSA) is 121 Å². The predicted octanol–water partition coefficient (Wildman–Crippen LogP) is 0.0939. The summed E-state index contributed by atoms with van der Waals surface area (Å²) in [6, 6.07) is 6.66. The number of benzene rings is 2. The van der Waals surface area contributed by atoms with Crippen LogP contribution in [0.3, 0.4) is 0 Å². The van der Waals surface area contributed by atoms with E-state index >= 15 is 0 Å². The molecule has 3 rings (SSSR count). The van der Waals surface area contributed by atoms with Gasteiger partial charge in [0, 0.05) is 22.6 Å². The summed E-state index contributed by atoms with van der Waals surface area (Å²) >= 11 is 0. The maximum Gasteiger partial charge on any atom is 0.277 e. The minimum absolute atomic E-state index is 0.0528. The van der Waals surface area contributed by atoms with Crippen molar-refractivity contribution in [1.29, 1.82) is 0 Å². The molecule has 1 aliphatic heterocycles. The number of non-ortho nitro benzene ring substituents is 1. The third-order valence-electron chi connectivity index (χ3n) is 3.45. The Labute approximate surface area is 122 Å². The molecule has 22 heavy (non-hydrogen) atoms. The summed E-state index contributed by atoms with van der Waals surface area (Å²) in [5.41, 5.74) is -0.122. The van der Waals surface area contributed by atoms with Crippen LogP contribution in [0.25, 0.3) is 10.8 Å². The Kier molecular flexibility index (Phi) is 2.87. The van der Waals surface area contributed by atoms with E-state index in [1.807, 2.05) is 0 Å². The van der Waals surface area contributed by atoms with Crippen molar-refractivity contribution in [3.05, 3.63) is 51.6 Å².